The highest BCUT2D eigenvalue weighted by atomic mass is 16.3. The molecule has 0 spiro atoms. The van der Waals surface area contributed by atoms with Crippen LogP contribution in [0, 0.1) is 6.92 Å². The molecule has 0 amide bonds. The quantitative estimate of drug-likeness (QED) is 0.902. The number of rotatable bonds is 3. The number of fused-ring (bicyclic) bond motifs is 1. The average Bonchev–Trinajstić information content (AvgIpc) is 2.90. The Balaban J connectivity index is 1.87. The molecule has 2 aromatic rings. The number of phenols is 1. The van der Waals surface area contributed by atoms with Gasteiger partial charge in [-0.15, -0.1) is 0 Å². The monoisotopic (exact) mass is 281 g/mol. The second kappa shape index (κ2) is 5.53. The van der Waals surface area contributed by atoms with Crippen molar-refractivity contribution < 1.29 is 5.11 Å². The van der Waals surface area contributed by atoms with E-state index in [4.69, 9.17) is 0 Å². The third kappa shape index (κ3) is 2.56. The van der Waals surface area contributed by atoms with Gasteiger partial charge in [0.05, 0.1) is 0 Å². The van der Waals surface area contributed by atoms with Crippen LogP contribution in [0.15, 0.2) is 42.5 Å². The fourth-order valence-electron chi connectivity index (χ4n) is 3.45. The van der Waals surface area contributed by atoms with Crippen LogP contribution in [-0.2, 0) is 6.42 Å². The predicted molar refractivity (Wildman–Crippen MR) is 86.5 cm³/mol. The molecule has 0 aromatic heterocycles. The van der Waals surface area contributed by atoms with E-state index in [1.807, 2.05) is 19.1 Å². The third-order valence-electron chi connectivity index (χ3n) is 4.84. The Morgan fingerprint density at radius 2 is 1.95 bits per heavy atom. The summed E-state index contributed by atoms with van der Waals surface area (Å²) in [4.78, 5) is 2.39. The number of aromatic hydroxyl groups is 1. The average molecular weight is 281 g/mol. The minimum atomic E-state index is 0.196. The number of phenolic OH excluding ortho intramolecular Hbond substituents is 1. The molecule has 1 N–H and O–H groups in total. The van der Waals surface area contributed by atoms with Crippen molar-refractivity contribution in [1.82, 2.24) is 4.90 Å². The van der Waals surface area contributed by atoms with Crippen LogP contribution < -0.4 is 0 Å². The molecule has 110 valence electrons. The Morgan fingerprint density at radius 1 is 1.19 bits per heavy atom. The largest absolute Gasteiger partial charge is 0.508 e. The first kappa shape index (κ1) is 14.2. The van der Waals surface area contributed by atoms with Crippen LogP contribution in [0.1, 0.15) is 47.7 Å². The maximum absolute atomic E-state index is 10.2. The number of hydrogen-bond donors (Lipinski definition) is 1. The zero-order valence-corrected chi connectivity index (χ0v) is 13.0. The van der Waals surface area contributed by atoms with E-state index >= 15 is 0 Å². The molecule has 2 unspecified atom stereocenters. The van der Waals surface area contributed by atoms with E-state index < -0.39 is 0 Å². The summed E-state index contributed by atoms with van der Waals surface area (Å²) in [6, 6.07) is 15.3. The van der Waals surface area contributed by atoms with Gasteiger partial charge in [-0.3, -0.25) is 4.90 Å². The van der Waals surface area contributed by atoms with Crippen LogP contribution >= 0.6 is 0 Å². The van der Waals surface area contributed by atoms with E-state index in [2.05, 4.69) is 49.2 Å². The smallest absolute Gasteiger partial charge is 0.120 e. The number of hydrogen-bond acceptors (Lipinski definition) is 2. The normalized spacial score (nSPS) is 18.8. The van der Waals surface area contributed by atoms with Gasteiger partial charge in [0, 0.05) is 17.6 Å². The highest BCUT2D eigenvalue weighted by Gasteiger charge is 2.29. The van der Waals surface area contributed by atoms with Gasteiger partial charge in [0.15, 0.2) is 0 Å². The van der Waals surface area contributed by atoms with E-state index in [9.17, 15) is 5.11 Å². The number of aryl methyl sites for hydroxylation is 2. The summed E-state index contributed by atoms with van der Waals surface area (Å²) < 4.78 is 0. The van der Waals surface area contributed by atoms with Crippen molar-refractivity contribution in [3.63, 3.8) is 0 Å². The molecule has 21 heavy (non-hydrogen) atoms. The molecule has 2 heteroatoms. The molecular formula is C19H23NO. The molecule has 0 radical (unpaired) electrons. The van der Waals surface area contributed by atoms with Gasteiger partial charge >= 0.3 is 0 Å². The molecule has 0 saturated heterocycles. The van der Waals surface area contributed by atoms with E-state index in [1.165, 1.54) is 11.1 Å². The van der Waals surface area contributed by atoms with E-state index in [0.29, 0.717) is 11.8 Å². The van der Waals surface area contributed by atoms with Gasteiger partial charge in [-0.05, 0) is 56.5 Å². The minimum Gasteiger partial charge on any atom is -0.508 e. The van der Waals surface area contributed by atoms with Crippen LogP contribution in [0.3, 0.4) is 0 Å². The van der Waals surface area contributed by atoms with Gasteiger partial charge < -0.3 is 5.11 Å². The zero-order chi connectivity index (χ0) is 15.0. The van der Waals surface area contributed by atoms with Gasteiger partial charge in [-0.25, -0.2) is 0 Å². The molecule has 3 rings (SSSR count). The van der Waals surface area contributed by atoms with Gasteiger partial charge in [-0.2, -0.15) is 0 Å². The first-order valence-electron chi connectivity index (χ1n) is 7.67. The van der Waals surface area contributed by atoms with E-state index in [1.54, 1.807) is 0 Å². The molecule has 0 saturated carbocycles. The number of nitrogens with zero attached hydrogens (tertiary/aromatic N) is 1. The topological polar surface area (TPSA) is 23.5 Å². The number of benzene rings is 2. The Kier molecular flexibility index (Phi) is 3.73. The standard InChI is InChI=1S/C19H23NO/c1-13-8-10-16(19(21)12-13)14(2)20(3)18-11-9-15-6-4-5-7-17(15)18/h4-8,10,12,14,18,21H,9,11H2,1-3H3. The fraction of sp³-hybridized carbons (Fsp3) is 0.368. The van der Waals surface area contributed by atoms with E-state index in [-0.39, 0.29) is 6.04 Å². The molecular weight excluding hydrogens is 258 g/mol. The summed E-state index contributed by atoms with van der Waals surface area (Å²) in [5.41, 5.74) is 5.01. The first-order valence-corrected chi connectivity index (χ1v) is 7.67. The van der Waals surface area contributed by atoms with Gasteiger partial charge in [0.2, 0.25) is 0 Å². The molecule has 0 aliphatic heterocycles. The van der Waals surface area contributed by atoms with Crippen molar-refractivity contribution in [1.29, 1.82) is 0 Å². The van der Waals surface area contributed by atoms with Crippen molar-refractivity contribution in [3.8, 4) is 5.75 Å². The summed E-state index contributed by atoms with van der Waals surface area (Å²) in [7, 11) is 2.16. The SMILES string of the molecule is Cc1ccc(C(C)N(C)C2CCc3ccccc32)c(O)c1. The summed E-state index contributed by atoms with van der Waals surface area (Å²) >= 11 is 0. The molecule has 0 fully saturated rings. The highest BCUT2D eigenvalue weighted by molar-refractivity contribution is 5.39. The van der Waals surface area contributed by atoms with Crippen molar-refractivity contribution in [2.45, 2.75) is 38.8 Å². The maximum Gasteiger partial charge on any atom is 0.120 e. The fourth-order valence-corrected chi connectivity index (χ4v) is 3.45. The second-order valence-electron chi connectivity index (χ2n) is 6.16. The molecule has 1 aliphatic rings. The lowest BCUT2D eigenvalue weighted by atomic mass is 10.0. The summed E-state index contributed by atoms with van der Waals surface area (Å²) in [6.45, 7) is 4.18. The van der Waals surface area contributed by atoms with Crippen LogP contribution in [0.5, 0.6) is 5.75 Å². The van der Waals surface area contributed by atoms with Gasteiger partial charge in [-0.1, -0.05) is 36.4 Å². The van der Waals surface area contributed by atoms with Gasteiger partial charge in [0.25, 0.3) is 0 Å². The summed E-state index contributed by atoms with van der Waals surface area (Å²) in [6.07, 6.45) is 2.31. The van der Waals surface area contributed by atoms with Crippen LogP contribution in [0.2, 0.25) is 0 Å². The molecule has 2 aromatic carbocycles. The Hall–Kier alpha value is -1.80. The van der Waals surface area contributed by atoms with Crippen molar-refractivity contribution >= 4 is 0 Å². The maximum atomic E-state index is 10.2. The van der Waals surface area contributed by atoms with Crippen LogP contribution in [0.4, 0.5) is 0 Å². The Labute approximate surface area is 127 Å². The predicted octanol–water partition coefficient (Wildman–Crippen LogP) is 4.38. The minimum absolute atomic E-state index is 0.196. The zero-order valence-electron chi connectivity index (χ0n) is 13.0. The summed E-state index contributed by atoms with van der Waals surface area (Å²) in [5, 5.41) is 10.2. The molecule has 2 nitrogen and oxygen atoms in total. The first-order chi connectivity index (χ1) is 10.1. The molecule has 0 bridgehead atoms. The molecule has 1 aliphatic carbocycles. The lowest BCUT2D eigenvalue weighted by Crippen LogP contribution is -2.26. The highest BCUT2D eigenvalue weighted by Crippen LogP contribution is 2.40. The molecule has 2 atom stereocenters. The van der Waals surface area contributed by atoms with Crippen molar-refractivity contribution in [3.05, 3.63) is 64.7 Å². The lowest BCUT2D eigenvalue weighted by molar-refractivity contribution is 0.182. The van der Waals surface area contributed by atoms with Crippen molar-refractivity contribution in [2.75, 3.05) is 7.05 Å². The second-order valence-corrected chi connectivity index (χ2v) is 6.16. The Bertz CT molecular complexity index is 650. The summed E-state index contributed by atoms with van der Waals surface area (Å²) in [5.74, 6) is 0.403. The van der Waals surface area contributed by atoms with Crippen LogP contribution in [0.25, 0.3) is 0 Å². The van der Waals surface area contributed by atoms with E-state index in [0.717, 1.165) is 24.0 Å². The lowest BCUT2D eigenvalue weighted by Gasteiger charge is -2.32. The third-order valence-corrected chi connectivity index (χ3v) is 4.84. The van der Waals surface area contributed by atoms with Crippen molar-refractivity contribution in [2.24, 2.45) is 0 Å². The van der Waals surface area contributed by atoms with Gasteiger partial charge in [0.1, 0.15) is 5.75 Å². The molecule has 0 heterocycles. The Morgan fingerprint density at radius 3 is 2.71 bits per heavy atom. The van der Waals surface area contributed by atoms with Crippen LogP contribution in [-0.4, -0.2) is 17.1 Å².